The lowest BCUT2D eigenvalue weighted by Crippen LogP contribution is -2.36. The number of ether oxygens (including phenoxy) is 1. The second kappa shape index (κ2) is 7.26. The van der Waals surface area contributed by atoms with E-state index in [-0.39, 0.29) is 11.5 Å². The van der Waals surface area contributed by atoms with Gasteiger partial charge in [0.05, 0.1) is 12.6 Å². The van der Waals surface area contributed by atoms with Crippen LogP contribution >= 0.6 is 0 Å². The lowest BCUT2D eigenvalue weighted by molar-refractivity contribution is 0.0957. The molecule has 0 aromatic carbocycles. The van der Waals surface area contributed by atoms with Crippen LogP contribution in [0.15, 0.2) is 12.3 Å². The molecule has 148 valence electrons. The summed E-state index contributed by atoms with van der Waals surface area (Å²) < 4.78 is 10.2. The molecular weight excluding hydrogens is 340 g/mol. The average molecular weight is 373 g/mol. The summed E-state index contributed by atoms with van der Waals surface area (Å²) in [4.78, 5) is 2.41. The van der Waals surface area contributed by atoms with Crippen LogP contribution in [0.25, 0.3) is 0 Å². The zero-order valence-corrected chi connectivity index (χ0v) is 17.1. The number of hydrogen-bond donors (Lipinski definition) is 0. The number of hydrogen-bond acceptors (Lipinski definition) is 5. The Bertz CT molecular complexity index is 760. The first-order valence-corrected chi connectivity index (χ1v) is 10.2. The molecule has 4 rings (SSSR count). The Balaban J connectivity index is 1.53. The fourth-order valence-electron chi connectivity index (χ4n) is 4.40. The second-order valence-corrected chi connectivity index (χ2v) is 8.96. The zero-order chi connectivity index (χ0) is 19.0. The fourth-order valence-corrected chi connectivity index (χ4v) is 4.40. The van der Waals surface area contributed by atoms with E-state index in [1.165, 1.54) is 5.69 Å². The third-order valence-corrected chi connectivity index (χ3v) is 5.87. The van der Waals surface area contributed by atoms with Gasteiger partial charge in [-0.15, -0.1) is 10.2 Å². The average Bonchev–Trinajstić information content (AvgIpc) is 3.36. The molecule has 2 saturated heterocycles. The van der Waals surface area contributed by atoms with E-state index in [1.54, 1.807) is 0 Å². The Morgan fingerprint density at radius 2 is 1.93 bits per heavy atom. The first-order chi connectivity index (χ1) is 12.9. The lowest BCUT2D eigenvalue weighted by Gasteiger charge is -2.33. The van der Waals surface area contributed by atoms with E-state index < -0.39 is 0 Å². The summed E-state index contributed by atoms with van der Waals surface area (Å²) in [5, 5.41) is 13.5. The van der Waals surface area contributed by atoms with Gasteiger partial charge in [0.25, 0.3) is 0 Å². The molecule has 0 N–H and O–H groups in total. The fraction of sp³-hybridized carbons (Fsp3) is 0.750. The highest BCUT2D eigenvalue weighted by Crippen LogP contribution is 2.32. The van der Waals surface area contributed by atoms with E-state index in [4.69, 9.17) is 4.74 Å². The quantitative estimate of drug-likeness (QED) is 0.826. The van der Waals surface area contributed by atoms with Crippen LogP contribution in [0.1, 0.15) is 63.9 Å². The third kappa shape index (κ3) is 3.74. The largest absolute Gasteiger partial charge is 0.376 e. The topological polar surface area (TPSA) is 61.0 Å². The maximum Gasteiger partial charge on any atom is 0.227 e. The van der Waals surface area contributed by atoms with Gasteiger partial charge in [-0.1, -0.05) is 20.8 Å². The summed E-state index contributed by atoms with van der Waals surface area (Å²) in [6.45, 7) is 10.4. The molecule has 0 spiro atoms. The molecule has 7 heteroatoms. The molecule has 0 saturated carbocycles. The first kappa shape index (κ1) is 18.5. The van der Waals surface area contributed by atoms with Gasteiger partial charge in [-0.2, -0.15) is 5.10 Å². The molecule has 0 bridgehead atoms. The molecule has 4 heterocycles. The summed E-state index contributed by atoms with van der Waals surface area (Å²) >= 11 is 0. The minimum absolute atomic E-state index is 0.0309. The SMILES string of the molecule is Cn1nccc1C1CCN(c2nnc(C(C)(C)C)n2CC2CCCO2)CC1. The summed E-state index contributed by atoms with van der Waals surface area (Å²) in [5.74, 6) is 2.64. The van der Waals surface area contributed by atoms with Gasteiger partial charge in [-0.05, 0) is 31.7 Å². The monoisotopic (exact) mass is 372 g/mol. The molecule has 0 amide bonds. The molecule has 0 radical (unpaired) electrons. The molecule has 2 aromatic rings. The number of anilines is 1. The van der Waals surface area contributed by atoms with Crippen LogP contribution < -0.4 is 4.90 Å². The van der Waals surface area contributed by atoms with E-state index in [9.17, 15) is 0 Å². The minimum atomic E-state index is -0.0309. The van der Waals surface area contributed by atoms with Crippen molar-refractivity contribution in [2.75, 3.05) is 24.6 Å². The summed E-state index contributed by atoms with van der Waals surface area (Å²) in [6, 6.07) is 2.15. The number of piperidine rings is 1. The number of aromatic nitrogens is 5. The number of aryl methyl sites for hydroxylation is 1. The molecule has 1 unspecified atom stereocenters. The van der Waals surface area contributed by atoms with Gasteiger partial charge >= 0.3 is 0 Å². The maximum absolute atomic E-state index is 5.91. The summed E-state index contributed by atoms with van der Waals surface area (Å²) in [7, 11) is 2.04. The van der Waals surface area contributed by atoms with Crippen LogP contribution in [0, 0.1) is 0 Å². The highest BCUT2D eigenvalue weighted by molar-refractivity contribution is 5.34. The molecule has 2 aliphatic heterocycles. The van der Waals surface area contributed by atoms with Gasteiger partial charge < -0.3 is 9.64 Å². The normalized spacial score (nSPS) is 21.9. The van der Waals surface area contributed by atoms with Crippen molar-refractivity contribution in [3.05, 3.63) is 23.8 Å². The Kier molecular flexibility index (Phi) is 4.97. The van der Waals surface area contributed by atoms with Gasteiger partial charge in [0.2, 0.25) is 5.95 Å². The van der Waals surface area contributed by atoms with E-state index in [2.05, 4.69) is 51.6 Å². The van der Waals surface area contributed by atoms with Crippen LogP contribution in [-0.2, 0) is 23.7 Å². The van der Waals surface area contributed by atoms with Crippen molar-refractivity contribution < 1.29 is 4.74 Å². The Labute approximate surface area is 161 Å². The standard InChI is InChI=1S/C20H32N6O/c1-20(2,3)18-22-23-19(26(18)14-16-6-5-13-27-16)25-11-8-15(9-12-25)17-7-10-21-24(17)4/h7,10,15-16H,5-6,8-9,11-14H2,1-4H3. The molecule has 7 nitrogen and oxygen atoms in total. The summed E-state index contributed by atoms with van der Waals surface area (Å²) in [5.41, 5.74) is 1.31. The van der Waals surface area contributed by atoms with Gasteiger partial charge in [0.1, 0.15) is 5.82 Å². The van der Waals surface area contributed by atoms with Crippen LogP contribution in [-0.4, -0.2) is 50.3 Å². The van der Waals surface area contributed by atoms with E-state index in [1.807, 2.05) is 17.9 Å². The lowest BCUT2D eigenvalue weighted by atomic mass is 9.93. The molecule has 2 aromatic heterocycles. The van der Waals surface area contributed by atoms with E-state index in [0.29, 0.717) is 5.92 Å². The molecular formula is C20H32N6O. The van der Waals surface area contributed by atoms with Crippen LogP contribution in [0.2, 0.25) is 0 Å². The second-order valence-electron chi connectivity index (χ2n) is 8.96. The summed E-state index contributed by atoms with van der Waals surface area (Å²) in [6.07, 6.45) is 6.71. The van der Waals surface area contributed by atoms with E-state index in [0.717, 1.165) is 63.7 Å². The minimum Gasteiger partial charge on any atom is -0.376 e. The first-order valence-electron chi connectivity index (χ1n) is 10.2. The van der Waals surface area contributed by atoms with Crippen LogP contribution in [0.3, 0.4) is 0 Å². The van der Waals surface area contributed by atoms with Crippen molar-refractivity contribution in [3.8, 4) is 0 Å². The number of nitrogens with zero attached hydrogens (tertiary/aromatic N) is 6. The van der Waals surface area contributed by atoms with Crippen molar-refractivity contribution in [3.63, 3.8) is 0 Å². The molecule has 27 heavy (non-hydrogen) atoms. The smallest absolute Gasteiger partial charge is 0.227 e. The number of rotatable bonds is 4. The highest BCUT2D eigenvalue weighted by Gasteiger charge is 2.31. The van der Waals surface area contributed by atoms with Gasteiger partial charge in [0, 0.05) is 50.0 Å². The van der Waals surface area contributed by atoms with Crippen molar-refractivity contribution in [1.29, 1.82) is 0 Å². The molecule has 0 aliphatic carbocycles. The van der Waals surface area contributed by atoms with Crippen molar-refractivity contribution in [2.45, 2.75) is 70.4 Å². The molecule has 2 fully saturated rings. The Morgan fingerprint density at radius 3 is 2.52 bits per heavy atom. The van der Waals surface area contributed by atoms with Crippen molar-refractivity contribution >= 4 is 5.95 Å². The predicted octanol–water partition coefficient (Wildman–Crippen LogP) is 2.87. The van der Waals surface area contributed by atoms with Gasteiger partial charge in [0.15, 0.2) is 0 Å². The Morgan fingerprint density at radius 1 is 1.15 bits per heavy atom. The van der Waals surface area contributed by atoms with Crippen LogP contribution in [0.4, 0.5) is 5.95 Å². The predicted molar refractivity (Wildman–Crippen MR) is 105 cm³/mol. The van der Waals surface area contributed by atoms with Gasteiger partial charge in [-0.3, -0.25) is 9.25 Å². The zero-order valence-electron chi connectivity index (χ0n) is 17.1. The van der Waals surface area contributed by atoms with Crippen molar-refractivity contribution in [2.24, 2.45) is 7.05 Å². The third-order valence-electron chi connectivity index (χ3n) is 5.87. The maximum atomic E-state index is 5.91. The Hall–Kier alpha value is -1.89. The molecule has 1 atom stereocenters. The molecule has 2 aliphatic rings. The highest BCUT2D eigenvalue weighted by atomic mass is 16.5. The van der Waals surface area contributed by atoms with Crippen molar-refractivity contribution in [1.82, 2.24) is 24.5 Å². The van der Waals surface area contributed by atoms with E-state index >= 15 is 0 Å². The van der Waals surface area contributed by atoms with Gasteiger partial charge in [-0.25, -0.2) is 0 Å². The van der Waals surface area contributed by atoms with Crippen LogP contribution in [0.5, 0.6) is 0 Å².